The maximum Gasteiger partial charge on any atom is 0.155 e. The highest BCUT2D eigenvalue weighted by atomic mass is 35.5. The van der Waals surface area contributed by atoms with Crippen LogP contribution in [0.15, 0.2) is 18.3 Å². The number of rotatable bonds is 2. The predicted octanol–water partition coefficient (Wildman–Crippen LogP) is 4.35. The summed E-state index contributed by atoms with van der Waals surface area (Å²) in [4.78, 5) is 7.82. The summed E-state index contributed by atoms with van der Waals surface area (Å²) in [6, 6.07) is 4.20. The number of hydrogen-bond donors (Lipinski definition) is 1. The number of hydrogen-bond acceptors (Lipinski definition) is 6. The van der Waals surface area contributed by atoms with Gasteiger partial charge in [-0.05, 0) is 38.8 Å². The lowest BCUT2D eigenvalue weighted by Crippen LogP contribution is -2.50. The Bertz CT molecular complexity index is 1080. The van der Waals surface area contributed by atoms with E-state index in [1.807, 2.05) is 29.8 Å². The average molecular weight is 453 g/mol. The number of aliphatic hydroxyl groups is 1. The number of aryl methyl sites for hydroxylation is 1. The van der Waals surface area contributed by atoms with Crippen LogP contribution in [-0.2, 0) is 16.9 Å². The van der Waals surface area contributed by atoms with E-state index in [4.69, 9.17) is 27.9 Å². The summed E-state index contributed by atoms with van der Waals surface area (Å²) in [5, 5.41) is 15.5. The molecule has 2 aliphatic rings. The topological polar surface area (TPSA) is 62.9 Å². The molecule has 0 bridgehead atoms. The Morgan fingerprint density at radius 1 is 1.38 bits per heavy atom. The second-order valence-electron chi connectivity index (χ2n) is 8.07. The Labute approximate surface area is 183 Å². The first-order chi connectivity index (χ1) is 13.8. The molecule has 3 aromatic rings. The van der Waals surface area contributed by atoms with E-state index >= 15 is 0 Å². The average Bonchev–Trinajstić information content (AvgIpc) is 3.25. The Balaban J connectivity index is 1.37. The fourth-order valence-electron chi connectivity index (χ4n) is 4.60. The normalized spacial score (nSPS) is 27.6. The van der Waals surface area contributed by atoms with Gasteiger partial charge in [0.1, 0.15) is 17.2 Å². The number of fused-ring (bicyclic) bond motifs is 3. The number of nitrogens with zero attached hydrogens (tertiary/aromatic N) is 4. The second kappa shape index (κ2) is 7.18. The van der Waals surface area contributed by atoms with Gasteiger partial charge in [-0.1, -0.05) is 23.2 Å². The number of ether oxygens (including phenoxy) is 1. The van der Waals surface area contributed by atoms with Crippen molar-refractivity contribution in [1.82, 2.24) is 19.5 Å². The molecule has 2 aliphatic heterocycles. The minimum atomic E-state index is -0.590. The van der Waals surface area contributed by atoms with Gasteiger partial charge in [-0.2, -0.15) is 5.10 Å². The van der Waals surface area contributed by atoms with Crippen molar-refractivity contribution >= 4 is 40.1 Å². The van der Waals surface area contributed by atoms with Crippen molar-refractivity contribution in [2.45, 2.75) is 51.0 Å². The van der Waals surface area contributed by atoms with Crippen LogP contribution in [0.4, 0.5) is 0 Å². The molecule has 2 unspecified atom stereocenters. The van der Waals surface area contributed by atoms with Gasteiger partial charge in [0.05, 0.1) is 28.5 Å². The summed E-state index contributed by atoms with van der Waals surface area (Å²) < 4.78 is 8.75. The van der Waals surface area contributed by atoms with Gasteiger partial charge in [-0.25, -0.2) is 9.50 Å². The Morgan fingerprint density at radius 2 is 2.21 bits per heavy atom. The smallest absolute Gasteiger partial charge is 0.155 e. The molecule has 5 rings (SSSR count). The van der Waals surface area contributed by atoms with E-state index < -0.39 is 6.10 Å². The molecule has 0 saturated carbocycles. The fraction of sp³-hybridized carbons (Fsp3) is 0.500. The van der Waals surface area contributed by atoms with Crippen LogP contribution in [0.5, 0.6) is 0 Å². The molecule has 0 aliphatic carbocycles. The van der Waals surface area contributed by atoms with Crippen molar-refractivity contribution in [3.05, 3.63) is 49.6 Å². The van der Waals surface area contributed by atoms with Crippen LogP contribution < -0.4 is 0 Å². The van der Waals surface area contributed by atoms with Crippen LogP contribution in [0, 0.1) is 6.92 Å². The van der Waals surface area contributed by atoms with Crippen molar-refractivity contribution in [3.63, 3.8) is 0 Å². The molecule has 29 heavy (non-hydrogen) atoms. The highest BCUT2D eigenvalue weighted by Gasteiger charge is 2.46. The number of piperidine rings is 1. The van der Waals surface area contributed by atoms with Gasteiger partial charge in [-0.3, -0.25) is 4.90 Å². The molecule has 1 spiro atoms. The molecule has 5 heterocycles. The molecule has 3 atom stereocenters. The van der Waals surface area contributed by atoms with E-state index in [1.54, 1.807) is 0 Å². The SMILES string of the molecule is Cc1cn2nc(CN3CCC4(C[C@@H]3C)OCC(O)c3cc(Cl)sc34)cc2c(Cl)n1. The molecule has 1 saturated heterocycles. The predicted molar refractivity (Wildman–Crippen MR) is 114 cm³/mol. The molecule has 154 valence electrons. The van der Waals surface area contributed by atoms with Crippen molar-refractivity contribution in [1.29, 1.82) is 0 Å². The highest BCUT2D eigenvalue weighted by molar-refractivity contribution is 7.16. The summed E-state index contributed by atoms with van der Waals surface area (Å²) in [7, 11) is 0. The van der Waals surface area contributed by atoms with E-state index in [1.165, 1.54) is 11.3 Å². The van der Waals surface area contributed by atoms with E-state index in [-0.39, 0.29) is 5.60 Å². The minimum Gasteiger partial charge on any atom is -0.386 e. The number of halogens is 2. The van der Waals surface area contributed by atoms with E-state index in [9.17, 15) is 5.11 Å². The van der Waals surface area contributed by atoms with Gasteiger partial charge >= 0.3 is 0 Å². The van der Waals surface area contributed by atoms with Gasteiger partial charge in [0.15, 0.2) is 5.15 Å². The minimum absolute atomic E-state index is 0.299. The molecule has 1 fully saturated rings. The zero-order valence-electron chi connectivity index (χ0n) is 16.2. The molecule has 3 aromatic heterocycles. The van der Waals surface area contributed by atoms with E-state index in [0.29, 0.717) is 22.1 Å². The maximum atomic E-state index is 10.3. The first kappa shape index (κ1) is 19.7. The van der Waals surface area contributed by atoms with Crippen LogP contribution >= 0.6 is 34.5 Å². The number of aromatic nitrogens is 3. The first-order valence-electron chi connectivity index (χ1n) is 9.72. The van der Waals surface area contributed by atoms with Crippen LogP contribution in [0.3, 0.4) is 0 Å². The van der Waals surface area contributed by atoms with Crippen LogP contribution in [0.1, 0.15) is 47.7 Å². The van der Waals surface area contributed by atoms with Crippen molar-refractivity contribution < 1.29 is 9.84 Å². The summed E-state index contributed by atoms with van der Waals surface area (Å²) in [6.07, 6.45) is 3.02. The molecule has 1 N–H and O–H groups in total. The first-order valence-corrected chi connectivity index (χ1v) is 11.3. The number of thiophene rings is 1. The summed E-state index contributed by atoms with van der Waals surface area (Å²) in [6.45, 7) is 6.08. The van der Waals surface area contributed by atoms with Gasteiger partial charge in [-0.15, -0.1) is 11.3 Å². The molecule has 0 aromatic carbocycles. The Morgan fingerprint density at radius 3 is 3.00 bits per heavy atom. The van der Waals surface area contributed by atoms with Gasteiger partial charge < -0.3 is 9.84 Å². The van der Waals surface area contributed by atoms with Crippen LogP contribution in [0.2, 0.25) is 9.49 Å². The lowest BCUT2D eigenvalue weighted by Gasteiger charge is -2.47. The zero-order valence-corrected chi connectivity index (χ0v) is 18.6. The number of aliphatic hydroxyl groups excluding tert-OH is 1. The zero-order chi connectivity index (χ0) is 20.3. The molecule has 0 radical (unpaired) electrons. The Hall–Kier alpha value is -1.22. The summed E-state index contributed by atoms with van der Waals surface area (Å²) in [5.41, 5.74) is 3.22. The third-order valence-electron chi connectivity index (χ3n) is 6.02. The van der Waals surface area contributed by atoms with Crippen molar-refractivity contribution in [2.75, 3.05) is 13.2 Å². The third kappa shape index (κ3) is 3.38. The van der Waals surface area contributed by atoms with E-state index in [2.05, 4.69) is 21.9 Å². The van der Waals surface area contributed by atoms with Crippen LogP contribution in [0.25, 0.3) is 5.52 Å². The Kier molecular flexibility index (Phi) is 4.89. The second-order valence-corrected chi connectivity index (χ2v) is 10.1. The summed E-state index contributed by atoms with van der Waals surface area (Å²) >= 11 is 14.1. The molecule has 6 nitrogen and oxygen atoms in total. The lowest BCUT2D eigenvalue weighted by atomic mass is 9.81. The van der Waals surface area contributed by atoms with Crippen molar-refractivity contribution in [2.24, 2.45) is 0 Å². The van der Waals surface area contributed by atoms with Crippen molar-refractivity contribution in [3.8, 4) is 0 Å². The maximum absolute atomic E-state index is 10.3. The van der Waals surface area contributed by atoms with Gasteiger partial charge in [0, 0.05) is 29.6 Å². The number of likely N-dealkylation sites (tertiary alicyclic amines) is 1. The monoisotopic (exact) mass is 452 g/mol. The quantitative estimate of drug-likeness (QED) is 0.625. The lowest BCUT2D eigenvalue weighted by molar-refractivity contribution is -0.139. The summed E-state index contributed by atoms with van der Waals surface area (Å²) in [5.74, 6) is 0. The fourth-order valence-corrected chi connectivity index (χ4v) is 6.34. The van der Waals surface area contributed by atoms with Gasteiger partial charge in [0.25, 0.3) is 0 Å². The molecule has 0 amide bonds. The largest absolute Gasteiger partial charge is 0.386 e. The highest BCUT2D eigenvalue weighted by Crippen LogP contribution is 2.50. The molecular formula is C20H22Cl2N4O2S. The third-order valence-corrected chi connectivity index (χ3v) is 7.76. The van der Waals surface area contributed by atoms with E-state index in [0.717, 1.165) is 53.3 Å². The molecule has 9 heteroatoms. The molecular weight excluding hydrogens is 431 g/mol. The standard InChI is InChI=1S/C20H22Cl2N4O2S/c1-11-8-26-15(19(22)23-11)5-13(24-26)9-25-4-3-20(7-12(25)2)18-14(6-17(21)29-18)16(27)10-28-20/h5-6,8,12,16,27H,3-4,7,9-10H2,1-2H3/t12-,16?,20?/m0/s1. The van der Waals surface area contributed by atoms with Gasteiger partial charge in [0.2, 0.25) is 0 Å². The van der Waals surface area contributed by atoms with Crippen LogP contribution in [-0.4, -0.2) is 43.8 Å².